The number of imidazole rings is 2. The topological polar surface area (TPSA) is 43.8 Å². The number of piperidine rings is 1. The van der Waals surface area contributed by atoms with Gasteiger partial charge in [0.05, 0.1) is 0 Å². The lowest BCUT2D eigenvalue weighted by Gasteiger charge is -2.29. The number of likely N-dealkylation sites (tertiary alicyclic amines) is 1. The molecular formula is C22H28N6S. The quantitative estimate of drug-likeness (QED) is 0.622. The summed E-state index contributed by atoms with van der Waals surface area (Å²) in [6.07, 6.45) is 13.5. The number of aryl methyl sites for hydroxylation is 3. The van der Waals surface area contributed by atoms with Gasteiger partial charge in [-0.1, -0.05) is 17.3 Å². The van der Waals surface area contributed by atoms with Gasteiger partial charge in [-0.3, -0.25) is 0 Å². The van der Waals surface area contributed by atoms with Gasteiger partial charge in [-0.05, 0) is 18.9 Å². The summed E-state index contributed by atoms with van der Waals surface area (Å²) < 4.78 is 6.71. The molecule has 0 aromatic carbocycles. The van der Waals surface area contributed by atoms with Crippen LogP contribution in [0.2, 0.25) is 0 Å². The SMILES string of the molecule is Cn1ccnc1SCCN1CCC(=C2c3ccn(C)c3CCn3ccnc32)CC1. The molecule has 0 unspecified atom stereocenters. The zero-order valence-electron chi connectivity index (χ0n) is 17.2. The van der Waals surface area contributed by atoms with E-state index in [0.29, 0.717) is 0 Å². The minimum absolute atomic E-state index is 1.01. The van der Waals surface area contributed by atoms with Crippen molar-refractivity contribution in [1.29, 1.82) is 0 Å². The second kappa shape index (κ2) is 7.88. The Balaban J connectivity index is 1.31. The molecular weight excluding hydrogens is 380 g/mol. The van der Waals surface area contributed by atoms with E-state index in [2.05, 4.69) is 56.1 Å². The first-order chi connectivity index (χ1) is 14.2. The van der Waals surface area contributed by atoms with E-state index in [1.165, 1.54) is 16.8 Å². The fourth-order valence-corrected chi connectivity index (χ4v) is 5.50. The summed E-state index contributed by atoms with van der Waals surface area (Å²) in [5.41, 5.74) is 5.79. The standard InChI is InChI=1S/C22H28N6S/c1-25-9-5-18-19(25)6-12-28-14-8-23-21(28)20(18)17-3-10-27(11-4-17)15-16-29-22-24-7-13-26(22)2/h5,7-9,13-14H,3-4,6,10-12,15-16H2,1-2H3. The lowest BCUT2D eigenvalue weighted by molar-refractivity contribution is 0.272. The Labute approximate surface area is 176 Å². The summed E-state index contributed by atoms with van der Waals surface area (Å²) in [7, 11) is 4.22. The van der Waals surface area contributed by atoms with Crippen LogP contribution >= 0.6 is 11.8 Å². The maximum absolute atomic E-state index is 4.76. The van der Waals surface area contributed by atoms with Crippen LogP contribution in [-0.2, 0) is 27.1 Å². The van der Waals surface area contributed by atoms with Crippen molar-refractivity contribution in [3.05, 3.63) is 59.7 Å². The minimum atomic E-state index is 1.01. The van der Waals surface area contributed by atoms with E-state index in [1.807, 2.05) is 30.4 Å². The third-order valence-electron chi connectivity index (χ3n) is 6.23. The molecule has 0 spiro atoms. The lowest BCUT2D eigenvalue weighted by atomic mass is 9.92. The minimum Gasteiger partial charge on any atom is -0.354 e. The van der Waals surface area contributed by atoms with Gasteiger partial charge in [0.25, 0.3) is 0 Å². The predicted molar refractivity (Wildman–Crippen MR) is 117 cm³/mol. The normalized spacial score (nSPS) is 17.3. The molecule has 0 aliphatic carbocycles. The van der Waals surface area contributed by atoms with Gasteiger partial charge in [0.2, 0.25) is 0 Å². The monoisotopic (exact) mass is 408 g/mol. The van der Waals surface area contributed by atoms with Gasteiger partial charge in [0.15, 0.2) is 5.16 Å². The van der Waals surface area contributed by atoms with E-state index in [1.54, 1.807) is 5.57 Å². The molecule has 29 heavy (non-hydrogen) atoms. The Morgan fingerprint density at radius 3 is 2.55 bits per heavy atom. The summed E-state index contributed by atoms with van der Waals surface area (Å²) in [5.74, 6) is 2.24. The second-order valence-corrected chi connectivity index (χ2v) is 9.03. The van der Waals surface area contributed by atoms with E-state index >= 15 is 0 Å². The highest BCUT2D eigenvalue weighted by Gasteiger charge is 2.26. The van der Waals surface area contributed by atoms with Crippen LogP contribution in [0.4, 0.5) is 0 Å². The van der Waals surface area contributed by atoms with Crippen molar-refractivity contribution in [1.82, 2.24) is 28.6 Å². The summed E-state index contributed by atoms with van der Waals surface area (Å²) >= 11 is 1.85. The number of fused-ring (bicyclic) bond motifs is 2. The highest BCUT2D eigenvalue weighted by Crippen LogP contribution is 2.36. The van der Waals surface area contributed by atoms with E-state index in [0.717, 1.165) is 62.2 Å². The van der Waals surface area contributed by atoms with Crippen LogP contribution in [-0.4, -0.2) is 54.0 Å². The first-order valence-corrected chi connectivity index (χ1v) is 11.4. The predicted octanol–water partition coefficient (Wildman–Crippen LogP) is 3.20. The third kappa shape index (κ3) is 3.57. The maximum Gasteiger partial charge on any atom is 0.167 e. The Bertz CT molecular complexity index is 1030. The molecule has 2 aliphatic rings. The van der Waals surface area contributed by atoms with Crippen molar-refractivity contribution in [3.8, 4) is 0 Å². The molecule has 3 aromatic rings. The summed E-state index contributed by atoms with van der Waals surface area (Å²) in [4.78, 5) is 11.8. The van der Waals surface area contributed by atoms with Crippen LogP contribution in [0.25, 0.3) is 5.57 Å². The maximum atomic E-state index is 4.76. The zero-order chi connectivity index (χ0) is 19.8. The molecule has 1 saturated heterocycles. The number of thioether (sulfide) groups is 1. The molecule has 0 radical (unpaired) electrons. The van der Waals surface area contributed by atoms with Crippen LogP contribution in [0, 0.1) is 0 Å². The second-order valence-electron chi connectivity index (χ2n) is 7.97. The van der Waals surface area contributed by atoms with Crippen molar-refractivity contribution in [2.24, 2.45) is 14.1 Å². The summed E-state index contributed by atoms with van der Waals surface area (Å²) in [6, 6.07) is 2.29. The van der Waals surface area contributed by atoms with Crippen LogP contribution in [0.5, 0.6) is 0 Å². The number of hydrogen-bond acceptors (Lipinski definition) is 4. The molecule has 5 rings (SSSR count). The Morgan fingerprint density at radius 2 is 1.76 bits per heavy atom. The number of aromatic nitrogens is 5. The molecule has 0 amide bonds. The molecule has 0 bridgehead atoms. The van der Waals surface area contributed by atoms with Gasteiger partial charge in [0.1, 0.15) is 5.82 Å². The molecule has 0 atom stereocenters. The van der Waals surface area contributed by atoms with E-state index in [9.17, 15) is 0 Å². The zero-order valence-corrected chi connectivity index (χ0v) is 18.0. The van der Waals surface area contributed by atoms with Crippen molar-refractivity contribution in [3.63, 3.8) is 0 Å². The first-order valence-electron chi connectivity index (χ1n) is 10.4. The fourth-order valence-electron chi connectivity index (χ4n) is 4.57. The number of hydrogen-bond donors (Lipinski definition) is 0. The van der Waals surface area contributed by atoms with Crippen molar-refractivity contribution < 1.29 is 0 Å². The first kappa shape index (κ1) is 18.8. The highest BCUT2D eigenvalue weighted by atomic mass is 32.2. The van der Waals surface area contributed by atoms with Gasteiger partial charge >= 0.3 is 0 Å². The summed E-state index contributed by atoms with van der Waals surface area (Å²) in [5, 5.41) is 1.10. The molecule has 0 saturated carbocycles. The fraction of sp³-hybridized carbons (Fsp3) is 0.455. The molecule has 5 heterocycles. The highest BCUT2D eigenvalue weighted by molar-refractivity contribution is 7.99. The average molecular weight is 409 g/mol. The molecule has 1 fully saturated rings. The van der Waals surface area contributed by atoms with Gasteiger partial charge in [0, 0.05) is 100 Å². The molecule has 3 aromatic heterocycles. The molecule has 2 aliphatic heterocycles. The smallest absolute Gasteiger partial charge is 0.167 e. The van der Waals surface area contributed by atoms with Gasteiger partial charge < -0.3 is 18.6 Å². The van der Waals surface area contributed by atoms with Crippen LogP contribution in [0.15, 0.2) is 47.8 Å². The average Bonchev–Trinajstić information content (AvgIpc) is 3.42. The van der Waals surface area contributed by atoms with Crippen molar-refractivity contribution >= 4 is 17.3 Å². The Hall–Kier alpha value is -2.25. The Morgan fingerprint density at radius 1 is 0.931 bits per heavy atom. The van der Waals surface area contributed by atoms with E-state index in [-0.39, 0.29) is 0 Å². The molecule has 6 nitrogen and oxygen atoms in total. The van der Waals surface area contributed by atoms with Crippen molar-refractivity contribution in [2.45, 2.75) is 31.0 Å². The third-order valence-corrected chi connectivity index (χ3v) is 7.27. The Kier molecular flexibility index (Phi) is 5.09. The van der Waals surface area contributed by atoms with Gasteiger partial charge in [-0.25, -0.2) is 9.97 Å². The van der Waals surface area contributed by atoms with Crippen molar-refractivity contribution in [2.75, 3.05) is 25.4 Å². The van der Waals surface area contributed by atoms with Gasteiger partial charge in [-0.15, -0.1) is 0 Å². The van der Waals surface area contributed by atoms with Gasteiger partial charge in [-0.2, -0.15) is 0 Å². The summed E-state index contributed by atoms with van der Waals surface area (Å²) in [6.45, 7) is 4.38. The molecule has 7 heteroatoms. The van der Waals surface area contributed by atoms with Crippen LogP contribution < -0.4 is 0 Å². The van der Waals surface area contributed by atoms with E-state index in [4.69, 9.17) is 4.98 Å². The number of rotatable bonds is 4. The lowest BCUT2D eigenvalue weighted by Crippen LogP contribution is -2.33. The van der Waals surface area contributed by atoms with Crippen LogP contribution in [0.1, 0.15) is 29.9 Å². The number of nitrogens with zero attached hydrogens (tertiary/aromatic N) is 6. The van der Waals surface area contributed by atoms with E-state index < -0.39 is 0 Å². The van der Waals surface area contributed by atoms with Crippen LogP contribution in [0.3, 0.4) is 0 Å². The molecule has 0 N–H and O–H groups in total. The largest absolute Gasteiger partial charge is 0.354 e. The molecule has 152 valence electrons.